The summed E-state index contributed by atoms with van der Waals surface area (Å²) >= 11 is -23.6. The standard InChI is InChI=1S/18O.U.6V/q;;;;;;;;;;;;6*-1;+6;;;;;;. The van der Waals surface area contributed by atoms with E-state index in [9.17, 15) is 0 Å². The maximum atomic E-state index is 8.56. The van der Waals surface area contributed by atoms with Gasteiger partial charge in [-0.05, 0) is 0 Å². The van der Waals surface area contributed by atoms with Crippen molar-refractivity contribution in [2.45, 2.75) is 0 Å². The maximum Gasteiger partial charge on any atom is 6.00 e. The second-order valence-electron chi connectivity index (χ2n) is 1.34. The SMILES string of the molecule is [O]=[V](=[O])[O-].[O]=[V](=[O])[O-].[O]=[V](=[O])[O-].[O]=[V](=[O])[O-].[O]=[V](=[O])[O-].[O]=[V](=[O])[O-].[U+6]. The second kappa shape index (κ2) is 40.6. The van der Waals surface area contributed by atoms with Crippen LogP contribution >= 0.6 is 0 Å². The molecule has 142 valence electrons. The molecule has 25 heteroatoms. The first-order valence-electron chi connectivity index (χ1n) is 3.29. The van der Waals surface area contributed by atoms with Gasteiger partial charge < -0.3 is 0 Å². The van der Waals surface area contributed by atoms with Crippen LogP contribution in [0.1, 0.15) is 0 Å². The third-order valence-electron chi connectivity index (χ3n) is 0. The van der Waals surface area contributed by atoms with E-state index in [-0.39, 0.29) is 31.1 Å². The summed E-state index contributed by atoms with van der Waals surface area (Å²) in [6, 6.07) is 0. The van der Waals surface area contributed by atoms with Crippen LogP contribution in [0.3, 0.4) is 0 Å². The first kappa shape index (κ1) is 45.6. The Hall–Kier alpha value is 1.92. The molecule has 0 aromatic carbocycles. The Kier molecular flexibility index (Phi) is 74.0. The second-order valence-corrected chi connectivity index (χ2v) is 5.53. The normalized spacial score (nSPS) is 6.00. The van der Waals surface area contributed by atoms with E-state index in [1.807, 2.05) is 0 Å². The average molecular weight is 832 g/mol. The summed E-state index contributed by atoms with van der Waals surface area (Å²) in [6.07, 6.45) is 0. The van der Waals surface area contributed by atoms with Gasteiger partial charge in [-0.1, -0.05) is 0 Å². The van der Waals surface area contributed by atoms with Crippen molar-refractivity contribution >= 4 is 0 Å². The van der Waals surface area contributed by atoms with Gasteiger partial charge in [0.25, 0.3) is 0 Å². The Labute approximate surface area is 189 Å². The van der Waals surface area contributed by atoms with E-state index >= 15 is 0 Å². The van der Waals surface area contributed by atoms with Gasteiger partial charge in [0, 0.05) is 0 Å². The molecule has 0 bridgehead atoms. The van der Waals surface area contributed by atoms with Gasteiger partial charge in [0.1, 0.15) is 0 Å². The molecular formula is O18UV6. The van der Waals surface area contributed by atoms with Gasteiger partial charge in [0.15, 0.2) is 0 Å². The first-order valence-corrected chi connectivity index (χ1v) is 13.5. The minimum Gasteiger partial charge on any atom is 6.00 e. The molecule has 0 aliphatic rings. The molecule has 0 fully saturated rings. The van der Waals surface area contributed by atoms with E-state index < -0.39 is 92.4 Å². The van der Waals surface area contributed by atoms with Crippen LogP contribution in [0.25, 0.3) is 0 Å². The molecule has 0 saturated carbocycles. The minimum atomic E-state index is -3.94. The van der Waals surface area contributed by atoms with Crippen molar-refractivity contribution in [1.29, 1.82) is 0 Å². The molecule has 0 unspecified atom stereocenters. The van der Waals surface area contributed by atoms with E-state index in [0.29, 0.717) is 0 Å². The Morgan fingerprint density at radius 2 is 0.280 bits per heavy atom. The molecular weight excluding hydrogens is 832 g/mol. The summed E-state index contributed by atoms with van der Waals surface area (Å²) in [5.74, 6) is 0. The summed E-state index contributed by atoms with van der Waals surface area (Å²) in [5, 5.41) is 0. The van der Waals surface area contributed by atoms with Gasteiger partial charge in [0.2, 0.25) is 0 Å². The van der Waals surface area contributed by atoms with Crippen LogP contribution in [0.15, 0.2) is 0 Å². The maximum absolute atomic E-state index is 8.56. The topological polar surface area (TPSA) is 343 Å². The van der Waals surface area contributed by atoms with E-state index in [1.165, 1.54) is 0 Å². The fraction of sp³-hybridized carbons (Fsp3) is 0. The van der Waals surface area contributed by atoms with Crippen molar-refractivity contribution in [3.63, 3.8) is 0 Å². The zero-order valence-electron chi connectivity index (χ0n) is 10.5. The van der Waals surface area contributed by atoms with Crippen molar-refractivity contribution in [3.8, 4) is 0 Å². The van der Waals surface area contributed by atoms with Crippen LogP contribution in [0.5, 0.6) is 0 Å². The molecule has 0 saturated heterocycles. The monoisotopic (exact) mass is 832 g/mol. The van der Waals surface area contributed by atoms with E-state index in [0.717, 1.165) is 0 Å². The molecule has 0 rings (SSSR count). The van der Waals surface area contributed by atoms with Crippen LogP contribution in [-0.4, -0.2) is 0 Å². The molecule has 25 heavy (non-hydrogen) atoms. The Bertz CT molecular complexity index is 471. The van der Waals surface area contributed by atoms with E-state index in [2.05, 4.69) is 0 Å². The summed E-state index contributed by atoms with van der Waals surface area (Å²) in [4.78, 5) is 0. The summed E-state index contributed by atoms with van der Waals surface area (Å²) in [6.45, 7) is 0. The molecule has 0 N–H and O–H groups in total. The molecule has 0 aromatic rings. The summed E-state index contributed by atoms with van der Waals surface area (Å²) < 4.78 is 154. The third-order valence-corrected chi connectivity index (χ3v) is 0. The smallest absolute Gasteiger partial charge is 6.00 e. The molecule has 0 spiro atoms. The van der Waals surface area contributed by atoms with Crippen LogP contribution < -0.4 is 24.2 Å². The molecule has 0 aliphatic carbocycles. The molecule has 0 aliphatic heterocycles. The molecule has 0 amide bonds. The van der Waals surface area contributed by atoms with Gasteiger partial charge in [-0.3, -0.25) is 0 Å². The molecule has 0 radical (unpaired) electrons. The zero-order chi connectivity index (χ0) is 21.5. The first-order chi connectivity index (χ1) is 10.4. The van der Waals surface area contributed by atoms with Gasteiger partial charge in [-0.15, -0.1) is 0 Å². The summed E-state index contributed by atoms with van der Waals surface area (Å²) in [5.41, 5.74) is 0. The number of hydrogen-bond donors (Lipinski definition) is 0. The molecule has 18 nitrogen and oxygen atoms in total. The van der Waals surface area contributed by atoms with Gasteiger partial charge in [-0.2, -0.15) is 0 Å². The Balaban J connectivity index is -0.0000000309. The number of hydrogen-bond acceptors (Lipinski definition) is 18. The fourth-order valence-corrected chi connectivity index (χ4v) is 0. The van der Waals surface area contributed by atoms with Gasteiger partial charge in [0.05, 0.1) is 0 Å². The van der Waals surface area contributed by atoms with E-state index in [1.54, 1.807) is 0 Å². The molecule has 0 atom stereocenters. The fourth-order valence-electron chi connectivity index (χ4n) is 0. The van der Waals surface area contributed by atoms with Gasteiger partial charge in [-0.25, -0.2) is 0 Å². The van der Waals surface area contributed by atoms with Crippen molar-refractivity contribution in [2.24, 2.45) is 0 Å². The van der Waals surface area contributed by atoms with Crippen molar-refractivity contribution in [2.75, 3.05) is 0 Å². The minimum absolute atomic E-state index is 0. The van der Waals surface area contributed by atoms with Crippen molar-refractivity contribution in [1.82, 2.24) is 0 Å². The van der Waals surface area contributed by atoms with Crippen LogP contribution in [0.4, 0.5) is 0 Å². The van der Waals surface area contributed by atoms with Crippen molar-refractivity contribution < 1.29 is 192 Å². The average Bonchev–Trinajstić information content (AvgIpc) is 2.08. The van der Waals surface area contributed by atoms with Gasteiger partial charge >= 0.3 is 192 Å². The van der Waals surface area contributed by atoms with Crippen LogP contribution in [0, 0.1) is 31.1 Å². The molecule has 0 heterocycles. The summed E-state index contributed by atoms with van der Waals surface area (Å²) in [7, 11) is 0. The largest absolute Gasteiger partial charge is 6.00 e. The zero-order valence-corrected chi connectivity index (χ0v) is 23.1. The Morgan fingerprint density at radius 3 is 0.280 bits per heavy atom. The quantitative estimate of drug-likeness (QED) is 0.219. The predicted molar refractivity (Wildman–Crippen MR) is 8.24 cm³/mol. The van der Waals surface area contributed by atoms with Crippen molar-refractivity contribution in [3.05, 3.63) is 0 Å². The van der Waals surface area contributed by atoms with E-state index in [4.69, 9.17) is 68.3 Å². The van der Waals surface area contributed by atoms with Crippen LogP contribution in [0.2, 0.25) is 0 Å². The Morgan fingerprint density at radius 1 is 0.280 bits per heavy atom. The molecule has 0 aromatic heterocycles. The third kappa shape index (κ3) is 4030. The van der Waals surface area contributed by atoms with Crippen LogP contribution in [-0.2, 0) is 136 Å². The number of rotatable bonds is 0. The predicted octanol–water partition coefficient (Wildman–Crippen LogP) is -8.57.